The van der Waals surface area contributed by atoms with E-state index >= 15 is 0 Å². The highest BCUT2D eigenvalue weighted by Gasteiger charge is 2.44. The van der Waals surface area contributed by atoms with Gasteiger partial charge in [-0.25, -0.2) is 0 Å². The Hall–Kier alpha value is -3.89. The smallest absolute Gasteiger partial charge is 0.246 e. The predicted molar refractivity (Wildman–Crippen MR) is 157 cm³/mol. The zero-order chi connectivity index (χ0) is 30.0. The lowest BCUT2D eigenvalue weighted by Crippen LogP contribution is -2.55. The number of aromatic amines is 1. The summed E-state index contributed by atoms with van der Waals surface area (Å²) in [5, 5.41) is 12.8. The molecule has 0 bridgehead atoms. The molecule has 0 aliphatic carbocycles. The molecule has 1 aromatic carbocycles. The predicted octanol–water partition coefficient (Wildman–Crippen LogP) is 1.52. The number of rotatable bonds is 5. The topological polar surface area (TPSA) is 152 Å². The molecule has 3 saturated heterocycles. The minimum atomic E-state index is -0.885. The normalized spacial score (nSPS) is 29.3. The quantitative estimate of drug-likeness (QED) is 0.364. The van der Waals surface area contributed by atoms with E-state index < -0.39 is 24.2 Å². The van der Waals surface area contributed by atoms with Gasteiger partial charge in [0.15, 0.2) is 0 Å². The molecule has 42 heavy (non-hydrogen) atoms. The summed E-state index contributed by atoms with van der Waals surface area (Å²) in [7, 11) is 0. The summed E-state index contributed by atoms with van der Waals surface area (Å²) in [5.41, 5.74) is 1.83. The van der Waals surface area contributed by atoms with Gasteiger partial charge < -0.3 is 31.2 Å². The molecule has 2 aromatic rings. The first-order valence-corrected chi connectivity index (χ1v) is 15.1. The summed E-state index contributed by atoms with van der Waals surface area (Å²) >= 11 is 0. The van der Waals surface area contributed by atoms with E-state index in [1.54, 1.807) is 0 Å². The van der Waals surface area contributed by atoms with Crippen molar-refractivity contribution in [2.45, 2.75) is 95.9 Å². The number of hydrogen-bond donors (Lipinski definition) is 5. The molecule has 11 heteroatoms. The molecular weight excluding hydrogens is 536 g/mol. The van der Waals surface area contributed by atoms with Crippen LogP contribution in [0.25, 0.3) is 10.9 Å². The molecule has 0 spiro atoms. The molecule has 3 aliphatic rings. The molecule has 5 rings (SSSR count). The SMILES string of the molecule is CC(C)[C@@H]1CC[C@@H](C)CC(=O)N[C@H](Cc2c[nH]c3ccccc23)C(=O)N2C[C@H](NC(=O)[C@H]3CCC(=O)N3)C[C@H]2C(=O)N1. The largest absolute Gasteiger partial charge is 0.361 e. The van der Waals surface area contributed by atoms with E-state index in [9.17, 15) is 24.0 Å². The summed E-state index contributed by atoms with van der Waals surface area (Å²) in [6.07, 6.45) is 4.84. The lowest BCUT2D eigenvalue weighted by molar-refractivity contribution is -0.141. The number of carbonyl (C=O) groups is 5. The first-order chi connectivity index (χ1) is 20.1. The standard InChI is InChI=1S/C31H42N6O5/c1-17(2)22-9-8-18(3)12-28(39)35-25(13-19-15-32-23-7-5-4-6-21(19)23)31(42)37-16-20(14-26(37)30(41)36-22)33-29(40)24-10-11-27(38)34-24/h4-7,15,17-18,20,22,24-26,32H,8-14,16H2,1-3H3,(H,33,40)(H,34,38)(H,35,39)(H,36,41)/t18-,20-,22+,24-,25-,26+/m1/s1. The number of nitrogens with one attached hydrogen (secondary N) is 5. The van der Waals surface area contributed by atoms with Gasteiger partial charge in [-0.3, -0.25) is 24.0 Å². The van der Waals surface area contributed by atoms with Gasteiger partial charge in [0.25, 0.3) is 0 Å². The highest BCUT2D eigenvalue weighted by Crippen LogP contribution is 2.25. The fraction of sp³-hybridized carbons (Fsp3) is 0.581. The average molecular weight is 579 g/mol. The van der Waals surface area contributed by atoms with Crippen LogP contribution in [-0.4, -0.2) is 76.2 Å². The van der Waals surface area contributed by atoms with Crippen LogP contribution in [-0.2, 0) is 30.4 Å². The Bertz CT molecular complexity index is 1350. The minimum Gasteiger partial charge on any atom is -0.361 e. The third-order valence-electron chi connectivity index (χ3n) is 8.91. The van der Waals surface area contributed by atoms with E-state index in [0.29, 0.717) is 12.8 Å². The molecule has 1 aromatic heterocycles. The van der Waals surface area contributed by atoms with Crippen LogP contribution in [0.4, 0.5) is 0 Å². The number of amides is 5. The van der Waals surface area contributed by atoms with Crippen molar-refractivity contribution in [3.8, 4) is 0 Å². The lowest BCUT2D eigenvalue weighted by Gasteiger charge is -2.30. The van der Waals surface area contributed by atoms with Crippen molar-refractivity contribution in [1.82, 2.24) is 31.2 Å². The molecule has 226 valence electrons. The van der Waals surface area contributed by atoms with Gasteiger partial charge in [0.05, 0.1) is 0 Å². The van der Waals surface area contributed by atoms with E-state index in [-0.39, 0.29) is 73.2 Å². The van der Waals surface area contributed by atoms with Crippen LogP contribution < -0.4 is 21.3 Å². The van der Waals surface area contributed by atoms with E-state index in [1.165, 1.54) is 4.90 Å². The first kappa shape index (κ1) is 29.6. The van der Waals surface area contributed by atoms with Crippen LogP contribution in [0.15, 0.2) is 30.5 Å². The van der Waals surface area contributed by atoms with Crippen molar-refractivity contribution in [3.63, 3.8) is 0 Å². The second-order valence-corrected chi connectivity index (χ2v) is 12.5. The molecule has 3 aliphatic heterocycles. The maximum atomic E-state index is 14.3. The first-order valence-electron chi connectivity index (χ1n) is 15.1. The van der Waals surface area contributed by atoms with E-state index in [0.717, 1.165) is 29.3 Å². The number of para-hydroxylation sites is 1. The fourth-order valence-corrected chi connectivity index (χ4v) is 6.45. The van der Waals surface area contributed by atoms with Crippen LogP contribution in [0.2, 0.25) is 0 Å². The number of carbonyl (C=O) groups excluding carboxylic acids is 5. The van der Waals surface area contributed by atoms with E-state index in [4.69, 9.17) is 0 Å². The van der Waals surface area contributed by atoms with Crippen molar-refractivity contribution in [3.05, 3.63) is 36.0 Å². The third-order valence-corrected chi connectivity index (χ3v) is 8.91. The van der Waals surface area contributed by atoms with Crippen molar-refractivity contribution in [1.29, 1.82) is 0 Å². The highest BCUT2D eigenvalue weighted by molar-refractivity contribution is 5.95. The summed E-state index contributed by atoms with van der Waals surface area (Å²) in [4.78, 5) is 70.6. The maximum Gasteiger partial charge on any atom is 0.246 e. The van der Waals surface area contributed by atoms with Gasteiger partial charge in [-0.15, -0.1) is 0 Å². The van der Waals surface area contributed by atoms with Gasteiger partial charge >= 0.3 is 0 Å². The summed E-state index contributed by atoms with van der Waals surface area (Å²) in [6.45, 7) is 6.25. The number of fused-ring (bicyclic) bond motifs is 2. The Balaban J connectivity index is 1.43. The molecule has 3 fully saturated rings. The van der Waals surface area contributed by atoms with Gasteiger partial charge in [0.1, 0.15) is 18.1 Å². The summed E-state index contributed by atoms with van der Waals surface area (Å²) in [5.74, 6) is -1.03. The van der Waals surface area contributed by atoms with E-state index in [1.807, 2.05) is 51.2 Å². The zero-order valence-corrected chi connectivity index (χ0v) is 24.6. The highest BCUT2D eigenvalue weighted by atomic mass is 16.2. The molecule has 4 heterocycles. The summed E-state index contributed by atoms with van der Waals surface area (Å²) in [6, 6.07) is 4.91. The maximum absolute atomic E-state index is 14.3. The molecule has 5 amide bonds. The third kappa shape index (κ3) is 6.60. The molecule has 6 atom stereocenters. The van der Waals surface area contributed by atoms with Crippen LogP contribution in [0, 0.1) is 11.8 Å². The van der Waals surface area contributed by atoms with Crippen molar-refractivity contribution in [2.24, 2.45) is 11.8 Å². The summed E-state index contributed by atoms with van der Waals surface area (Å²) < 4.78 is 0. The molecule has 0 radical (unpaired) electrons. The van der Waals surface area contributed by atoms with Crippen LogP contribution >= 0.6 is 0 Å². The lowest BCUT2D eigenvalue weighted by atomic mass is 9.92. The zero-order valence-electron chi connectivity index (χ0n) is 24.6. The van der Waals surface area contributed by atoms with Gasteiger partial charge in [-0.05, 0) is 49.1 Å². The molecule has 0 saturated carbocycles. The Morgan fingerprint density at radius 2 is 1.81 bits per heavy atom. The molecule has 0 unspecified atom stereocenters. The van der Waals surface area contributed by atoms with Gasteiger partial charge in [0.2, 0.25) is 29.5 Å². The number of H-pyrrole nitrogens is 1. The number of benzene rings is 1. The number of hydrogen-bond acceptors (Lipinski definition) is 5. The minimum absolute atomic E-state index is 0.0863. The Morgan fingerprint density at radius 3 is 2.55 bits per heavy atom. The Kier molecular flexibility index (Phi) is 8.84. The second kappa shape index (κ2) is 12.5. The Labute approximate surface area is 245 Å². The second-order valence-electron chi connectivity index (χ2n) is 12.5. The number of nitrogens with zero attached hydrogens (tertiary/aromatic N) is 1. The van der Waals surface area contributed by atoms with Gasteiger partial charge in [0, 0.05) is 55.0 Å². The van der Waals surface area contributed by atoms with Crippen LogP contribution in [0.5, 0.6) is 0 Å². The van der Waals surface area contributed by atoms with Gasteiger partial charge in [-0.1, -0.05) is 39.0 Å². The Morgan fingerprint density at radius 1 is 1.02 bits per heavy atom. The monoisotopic (exact) mass is 578 g/mol. The van der Waals surface area contributed by atoms with Crippen LogP contribution in [0.1, 0.15) is 64.9 Å². The fourth-order valence-electron chi connectivity index (χ4n) is 6.45. The van der Waals surface area contributed by atoms with Crippen molar-refractivity contribution in [2.75, 3.05) is 6.54 Å². The molecular formula is C31H42N6O5. The van der Waals surface area contributed by atoms with E-state index in [2.05, 4.69) is 26.3 Å². The van der Waals surface area contributed by atoms with Crippen molar-refractivity contribution >= 4 is 40.4 Å². The molecule has 11 nitrogen and oxygen atoms in total. The van der Waals surface area contributed by atoms with Crippen LogP contribution in [0.3, 0.4) is 0 Å². The molecule has 5 N–H and O–H groups in total. The number of aromatic nitrogens is 1. The average Bonchev–Trinajstić information content (AvgIpc) is 3.68. The van der Waals surface area contributed by atoms with Gasteiger partial charge in [-0.2, -0.15) is 0 Å². The van der Waals surface area contributed by atoms with Crippen molar-refractivity contribution < 1.29 is 24.0 Å².